The zero-order valence-corrected chi connectivity index (χ0v) is 11.7. The highest BCUT2D eigenvalue weighted by atomic mass is 32.1. The Balaban J connectivity index is 2.09. The topological polar surface area (TPSA) is 61.6 Å². The molecule has 0 aliphatic rings. The van der Waals surface area contributed by atoms with Crippen LogP contribution in [0.15, 0.2) is 21.9 Å². The maximum atomic E-state index is 11.5. The first-order valence-corrected chi connectivity index (χ1v) is 6.92. The van der Waals surface area contributed by atoms with E-state index in [2.05, 4.69) is 4.98 Å². The van der Waals surface area contributed by atoms with Crippen LogP contribution < -0.4 is 0 Å². The maximum Gasteiger partial charge on any atom is 0.357 e. The van der Waals surface area contributed by atoms with Crippen molar-refractivity contribution >= 4 is 17.3 Å². The van der Waals surface area contributed by atoms with Crippen LogP contribution in [0.4, 0.5) is 0 Å². The molecule has 0 unspecified atom stereocenters. The summed E-state index contributed by atoms with van der Waals surface area (Å²) >= 11 is 1.35. The molecule has 0 atom stereocenters. The van der Waals surface area contributed by atoms with Crippen LogP contribution in [-0.4, -0.2) is 24.2 Å². The monoisotopic (exact) mass is 281 g/mol. The molecule has 2 aromatic heterocycles. The molecule has 2 rings (SSSR count). The lowest BCUT2D eigenvalue weighted by molar-refractivity contribution is 0.0520. The minimum Gasteiger partial charge on any atom is -0.461 e. The molecule has 0 amide bonds. The Labute approximate surface area is 115 Å². The number of furan rings is 1. The number of aromatic nitrogens is 1. The molecule has 0 saturated heterocycles. The van der Waals surface area contributed by atoms with Gasteiger partial charge in [-0.2, -0.15) is 0 Å². The van der Waals surface area contributed by atoms with Crippen molar-refractivity contribution in [2.24, 2.45) is 0 Å². The van der Waals surface area contributed by atoms with Crippen LogP contribution in [0.25, 0.3) is 10.8 Å². The molecule has 0 bridgehead atoms. The third kappa shape index (κ3) is 3.42. The lowest BCUT2D eigenvalue weighted by Crippen LogP contribution is -2.04. The Morgan fingerprint density at radius 1 is 1.37 bits per heavy atom. The van der Waals surface area contributed by atoms with Gasteiger partial charge in [0.05, 0.1) is 6.61 Å². The molecule has 0 aromatic carbocycles. The Hall–Kier alpha value is -1.66. The second-order valence-corrected chi connectivity index (χ2v) is 4.52. The number of hydrogen-bond donors (Lipinski definition) is 0. The van der Waals surface area contributed by atoms with Gasteiger partial charge < -0.3 is 13.9 Å². The van der Waals surface area contributed by atoms with Crippen LogP contribution in [-0.2, 0) is 16.1 Å². The molecule has 0 spiro atoms. The van der Waals surface area contributed by atoms with Gasteiger partial charge in [0.2, 0.25) is 0 Å². The third-order valence-electron chi connectivity index (χ3n) is 2.31. The van der Waals surface area contributed by atoms with E-state index >= 15 is 0 Å². The van der Waals surface area contributed by atoms with E-state index in [1.54, 1.807) is 12.3 Å². The third-order valence-corrected chi connectivity index (χ3v) is 3.17. The van der Waals surface area contributed by atoms with Crippen molar-refractivity contribution in [2.45, 2.75) is 20.5 Å². The van der Waals surface area contributed by atoms with E-state index in [9.17, 15) is 4.79 Å². The average Bonchev–Trinajstić information content (AvgIpc) is 3.05. The predicted octanol–water partition coefficient (Wildman–Crippen LogP) is 3.12. The van der Waals surface area contributed by atoms with E-state index < -0.39 is 5.97 Å². The van der Waals surface area contributed by atoms with Gasteiger partial charge in [-0.1, -0.05) is 0 Å². The van der Waals surface area contributed by atoms with Crippen molar-refractivity contribution in [3.8, 4) is 10.8 Å². The summed E-state index contributed by atoms with van der Waals surface area (Å²) in [6.45, 7) is 5.10. The quantitative estimate of drug-likeness (QED) is 0.761. The lowest BCUT2D eigenvalue weighted by atomic mass is 10.4. The molecule has 0 radical (unpaired) electrons. The molecule has 0 N–H and O–H groups in total. The van der Waals surface area contributed by atoms with Crippen molar-refractivity contribution in [3.05, 3.63) is 29.0 Å². The number of nitrogens with zero attached hydrogens (tertiary/aromatic N) is 1. The summed E-state index contributed by atoms with van der Waals surface area (Å²) in [6, 6.07) is 3.67. The van der Waals surface area contributed by atoms with Gasteiger partial charge in [0, 0.05) is 12.0 Å². The maximum absolute atomic E-state index is 11.5. The first kappa shape index (κ1) is 13.8. The van der Waals surface area contributed by atoms with Crippen LogP contribution in [0.5, 0.6) is 0 Å². The number of ether oxygens (including phenoxy) is 2. The summed E-state index contributed by atoms with van der Waals surface area (Å²) in [5.41, 5.74) is 0.310. The van der Waals surface area contributed by atoms with E-state index in [-0.39, 0.29) is 0 Å². The molecular formula is C13H15NO4S. The van der Waals surface area contributed by atoms with Crippen molar-refractivity contribution < 1.29 is 18.7 Å². The molecule has 6 heteroatoms. The number of carbonyl (C=O) groups excluding carboxylic acids is 1. The number of rotatable bonds is 6. The normalized spacial score (nSPS) is 10.6. The summed E-state index contributed by atoms with van der Waals surface area (Å²) in [5, 5.41) is 2.32. The molecular weight excluding hydrogens is 266 g/mol. The summed E-state index contributed by atoms with van der Waals surface area (Å²) < 4.78 is 15.7. The van der Waals surface area contributed by atoms with Gasteiger partial charge in [-0.3, -0.25) is 0 Å². The number of carbonyl (C=O) groups is 1. The Morgan fingerprint density at radius 2 is 2.21 bits per heavy atom. The first-order valence-electron chi connectivity index (χ1n) is 6.04. The molecule has 2 aromatic rings. The van der Waals surface area contributed by atoms with Crippen molar-refractivity contribution in [1.29, 1.82) is 0 Å². The summed E-state index contributed by atoms with van der Waals surface area (Å²) in [6.07, 6.45) is 0. The van der Waals surface area contributed by atoms with E-state index in [0.717, 1.165) is 5.76 Å². The van der Waals surface area contributed by atoms with Crippen LogP contribution in [0, 0.1) is 0 Å². The zero-order valence-electron chi connectivity index (χ0n) is 10.8. The Morgan fingerprint density at radius 3 is 2.95 bits per heavy atom. The van der Waals surface area contributed by atoms with Crippen molar-refractivity contribution in [3.63, 3.8) is 0 Å². The number of thiazole rings is 1. The summed E-state index contributed by atoms with van der Waals surface area (Å²) in [7, 11) is 0. The molecule has 0 aliphatic heterocycles. The lowest BCUT2D eigenvalue weighted by Gasteiger charge is -1.96. The molecule has 19 heavy (non-hydrogen) atoms. The summed E-state index contributed by atoms with van der Waals surface area (Å²) in [4.78, 5) is 15.7. The molecule has 0 fully saturated rings. The van der Waals surface area contributed by atoms with Crippen molar-refractivity contribution in [1.82, 2.24) is 4.98 Å². The van der Waals surface area contributed by atoms with Gasteiger partial charge in [0.1, 0.15) is 12.4 Å². The SMILES string of the molecule is CCOCc1ccc(-c2nc(C(=O)OCC)cs2)o1. The first-order chi connectivity index (χ1) is 9.24. The second kappa shape index (κ2) is 6.49. The van der Waals surface area contributed by atoms with Crippen LogP contribution in [0.3, 0.4) is 0 Å². The molecule has 2 heterocycles. The highest BCUT2D eigenvalue weighted by Gasteiger charge is 2.14. The van der Waals surface area contributed by atoms with E-state index in [4.69, 9.17) is 13.9 Å². The number of hydrogen-bond acceptors (Lipinski definition) is 6. The van der Waals surface area contributed by atoms with Crippen LogP contribution in [0.1, 0.15) is 30.1 Å². The fraction of sp³-hybridized carbons (Fsp3) is 0.385. The van der Waals surface area contributed by atoms with E-state index in [1.165, 1.54) is 11.3 Å². The van der Waals surface area contributed by atoms with Gasteiger partial charge in [0.25, 0.3) is 0 Å². The second-order valence-electron chi connectivity index (χ2n) is 3.66. The van der Waals surface area contributed by atoms with Gasteiger partial charge >= 0.3 is 5.97 Å². The van der Waals surface area contributed by atoms with Crippen LogP contribution in [0.2, 0.25) is 0 Å². The Bertz CT molecular complexity index is 546. The number of esters is 1. The largest absolute Gasteiger partial charge is 0.461 e. The standard InChI is InChI=1S/C13H15NO4S/c1-3-16-7-9-5-6-11(18-9)12-14-10(8-19-12)13(15)17-4-2/h5-6,8H,3-4,7H2,1-2H3. The molecule has 102 valence electrons. The highest BCUT2D eigenvalue weighted by molar-refractivity contribution is 7.13. The van der Waals surface area contributed by atoms with E-state index in [0.29, 0.717) is 36.3 Å². The van der Waals surface area contributed by atoms with Crippen molar-refractivity contribution in [2.75, 3.05) is 13.2 Å². The average molecular weight is 281 g/mol. The fourth-order valence-corrected chi connectivity index (χ4v) is 2.21. The summed E-state index contributed by atoms with van der Waals surface area (Å²) in [5.74, 6) is 0.964. The minimum atomic E-state index is -0.411. The highest BCUT2D eigenvalue weighted by Crippen LogP contribution is 2.26. The zero-order chi connectivity index (χ0) is 13.7. The smallest absolute Gasteiger partial charge is 0.357 e. The predicted molar refractivity (Wildman–Crippen MR) is 71.1 cm³/mol. The van der Waals surface area contributed by atoms with E-state index in [1.807, 2.05) is 19.1 Å². The van der Waals surface area contributed by atoms with Gasteiger partial charge in [-0.05, 0) is 26.0 Å². The van der Waals surface area contributed by atoms with Gasteiger partial charge in [-0.25, -0.2) is 9.78 Å². The minimum absolute atomic E-state index is 0.310. The molecule has 0 saturated carbocycles. The Kier molecular flexibility index (Phi) is 4.70. The molecule has 5 nitrogen and oxygen atoms in total. The molecule has 0 aliphatic carbocycles. The van der Waals surface area contributed by atoms with Gasteiger partial charge in [0.15, 0.2) is 16.5 Å². The van der Waals surface area contributed by atoms with Gasteiger partial charge in [-0.15, -0.1) is 11.3 Å². The van der Waals surface area contributed by atoms with Crippen LogP contribution >= 0.6 is 11.3 Å². The fourth-order valence-electron chi connectivity index (χ4n) is 1.46.